The van der Waals surface area contributed by atoms with Crippen molar-refractivity contribution in [1.82, 2.24) is 0 Å². The summed E-state index contributed by atoms with van der Waals surface area (Å²) in [6, 6.07) is 4.83. The third kappa shape index (κ3) is 3.62. The van der Waals surface area contributed by atoms with Crippen molar-refractivity contribution in [1.29, 1.82) is 0 Å². The molecule has 4 heteroatoms. The van der Waals surface area contributed by atoms with Crippen molar-refractivity contribution in [2.45, 2.75) is 26.3 Å². The molecule has 0 saturated heterocycles. The molecule has 0 saturated carbocycles. The van der Waals surface area contributed by atoms with Crippen molar-refractivity contribution in [2.24, 2.45) is 5.73 Å². The number of ether oxygens (including phenoxy) is 1. The Hall–Kier alpha value is -1.42. The normalized spacial score (nSPS) is 10.2. The van der Waals surface area contributed by atoms with E-state index in [0.717, 1.165) is 5.56 Å². The molecule has 0 unspecified atom stereocenters. The van der Waals surface area contributed by atoms with Crippen LogP contribution in [0.25, 0.3) is 0 Å². The van der Waals surface area contributed by atoms with Crippen molar-refractivity contribution in [2.75, 3.05) is 6.61 Å². The number of aryl methyl sites for hydroxylation is 1. The van der Waals surface area contributed by atoms with Crippen LogP contribution in [0, 0.1) is 5.82 Å². The lowest BCUT2D eigenvalue weighted by Crippen LogP contribution is -2.06. The van der Waals surface area contributed by atoms with Gasteiger partial charge < -0.3 is 10.5 Å². The van der Waals surface area contributed by atoms with Crippen LogP contribution in [0.2, 0.25) is 0 Å². The lowest BCUT2D eigenvalue weighted by atomic mass is 10.1. The minimum absolute atomic E-state index is 0.201. The van der Waals surface area contributed by atoms with Crippen LogP contribution in [0.5, 0.6) is 0 Å². The number of carbonyl (C=O) groups is 1. The first-order valence-corrected chi connectivity index (χ1v) is 5.30. The van der Waals surface area contributed by atoms with Crippen LogP contribution < -0.4 is 5.73 Å². The highest BCUT2D eigenvalue weighted by atomic mass is 19.1. The smallest absolute Gasteiger partial charge is 0.306 e. The second-order valence-corrected chi connectivity index (χ2v) is 3.43. The summed E-state index contributed by atoms with van der Waals surface area (Å²) < 4.78 is 18.2. The molecule has 0 aromatic heterocycles. The third-order valence-electron chi connectivity index (χ3n) is 2.26. The maximum atomic E-state index is 13.5. The van der Waals surface area contributed by atoms with Crippen LogP contribution in [0.1, 0.15) is 24.5 Å². The van der Waals surface area contributed by atoms with Crippen molar-refractivity contribution < 1.29 is 13.9 Å². The van der Waals surface area contributed by atoms with E-state index in [1.54, 1.807) is 19.1 Å². The zero-order chi connectivity index (χ0) is 12.0. The molecule has 0 atom stereocenters. The van der Waals surface area contributed by atoms with Gasteiger partial charge in [0.2, 0.25) is 0 Å². The van der Waals surface area contributed by atoms with E-state index in [0.29, 0.717) is 25.1 Å². The SMILES string of the molecule is CCOC(=O)CCc1ccc(CN)cc1F. The van der Waals surface area contributed by atoms with Gasteiger partial charge in [-0.25, -0.2) is 4.39 Å². The molecular formula is C12H16FNO2. The van der Waals surface area contributed by atoms with E-state index in [-0.39, 0.29) is 18.2 Å². The Morgan fingerprint density at radius 3 is 2.81 bits per heavy atom. The molecule has 2 N–H and O–H groups in total. The summed E-state index contributed by atoms with van der Waals surface area (Å²) in [5, 5.41) is 0. The summed E-state index contributed by atoms with van der Waals surface area (Å²) in [5.74, 6) is -0.614. The maximum Gasteiger partial charge on any atom is 0.306 e. The Morgan fingerprint density at radius 1 is 1.50 bits per heavy atom. The number of nitrogens with two attached hydrogens (primary N) is 1. The molecular weight excluding hydrogens is 209 g/mol. The van der Waals surface area contributed by atoms with Gasteiger partial charge >= 0.3 is 5.97 Å². The monoisotopic (exact) mass is 225 g/mol. The van der Waals surface area contributed by atoms with Crippen LogP contribution in [0.4, 0.5) is 4.39 Å². The highest BCUT2D eigenvalue weighted by molar-refractivity contribution is 5.69. The summed E-state index contributed by atoms with van der Waals surface area (Å²) in [6.45, 7) is 2.41. The van der Waals surface area contributed by atoms with Crippen molar-refractivity contribution in [3.8, 4) is 0 Å². The molecule has 88 valence electrons. The number of halogens is 1. The second-order valence-electron chi connectivity index (χ2n) is 3.43. The molecule has 0 amide bonds. The van der Waals surface area contributed by atoms with Gasteiger partial charge in [0.25, 0.3) is 0 Å². The first-order chi connectivity index (χ1) is 7.67. The Bertz CT molecular complexity index is 366. The molecule has 0 spiro atoms. The van der Waals surface area contributed by atoms with Crippen molar-refractivity contribution in [3.63, 3.8) is 0 Å². The summed E-state index contributed by atoms with van der Waals surface area (Å²) in [6.07, 6.45) is 0.558. The molecule has 1 rings (SSSR count). The zero-order valence-electron chi connectivity index (χ0n) is 9.33. The summed E-state index contributed by atoms with van der Waals surface area (Å²) in [4.78, 5) is 11.1. The maximum absolute atomic E-state index is 13.5. The molecule has 0 bridgehead atoms. The molecule has 0 aliphatic heterocycles. The van der Waals surface area contributed by atoms with Crippen LogP contribution in [-0.4, -0.2) is 12.6 Å². The van der Waals surface area contributed by atoms with E-state index in [4.69, 9.17) is 10.5 Å². The number of esters is 1. The Kier molecular flexibility index (Phi) is 4.92. The lowest BCUT2D eigenvalue weighted by Gasteiger charge is -2.05. The quantitative estimate of drug-likeness (QED) is 0.777. The number of hydrogen-bond acceptors (Lipinski definition) is 3. The molecule has 0 aliphatic rings. The third-order valence-corrected chi connectivity index (χ3v) is 2.26. The van der Waals surface area contributed by atoms with Gasteiger partial charge in [0, 0.05) is 13.0 Å². The standard InChI is InChI=1S/C12H16FNO2/c1-2-16-12(15)6-5-10-4-3-9(8-14)7-11(10)13/h3-4,7H,2,5-6,8,14H2,1H3. The van der Waals surface area contributed by atoms with Crippen LogP contribution >= 0.6 is 0 Å². The second kappa shape index (κ2) is 6.23. The first-order valence-electron chi connectivity index (χ1n) is 5.30. The first kappa shape index (κ1) is 12.6. The van der Waals surface area contributed by atoms with Gasteiger partial charge in [-0.3, -0.25) is 4.79 Å². The van der Waals surface area contributed by atoms with Gasteiger partial charge in [0.15, 0.2) is 0 Å². The van der Waals surface area contributed by atoms with Gasteiger partial charge in [-0.1, -0.05) is 12.1 Å². The van der Waals surface area contributed by atoms with E-state index in [2.05, 4.69) is 0 Å². The average Bonchev–Trinajstić information content (AvgIpc) is 2.27. The van der Waals surface area contributed by atoms with E-state index in [1.165, 1.54) is 6.07 Å². The van der Waals surface area contributed by atoms with Crippen LogP contribution in [-0.2, 0) is 22.5 Å². The number of rotatable bonds is 5. The van der Waals surface area contributed by atoms with Crippen LogP contribution in [0.15, 0.2) is 18.2 Å². The van der Waals surface area contributed by atoms with E-state index >= 15 is 0 Å². The summed E-state index contributed by atoms with van der Waals surface area (Å²) >= 11 is 0. The fourth-order valence-electron chi connectivity index (χ4n) is 1.39. The van der Waals surface area contributed by atoms with Crippen molar-refractivity contribution >= 4 is 5.97 Å². The molecule has 1 aromatic carbocycles. The lowest BCUT2D eigenvalue weighted by molar-refractivity contribution is -0.143. The topological polar surface area (TPSA) is 52.3 Å². The molecule has 0 fully saturated rings. The van der Waals surface area contributed by atoms with E-state index in [1.807, 2.05) is 0 Å². The summed E-state index contributed by atoms with van der Waals surface area (Å²) in [7, 11) is 0. The largest absolute Gasteiger partial charge is 0.466 e. The molecule has 1 aromatic rings. The fourth-order valence-corrected chi connectivity index (χ4v) is 1.39. The number of carbonyl (C=O) groups excluding carboxylic acids is 1. The number of hydrogen-bond donors (Lipinski definition) is 1. The minimum Gasteiger partial charge on any atom is -0.466 e. The van der Waals surface area contributed by atoms with E-state index < -0.39 is 0 Å². The van der Waals surface area contributed by atoms with Gasteiger partial charge in [0.05, 0.1) is 6.61 Å². The summed E-state index contributed by atoms with van der Waals surface area (Å²) in [5.41, 5.74) is 6.66. The van der Waals surface area contributed by atoms with Gasteiger partial charge in [-0.15, -0.1) is 0 Å². The van der Waals surface area contributed by atoms with Gasteiger partial charge in [0.1, 0.15) is 5.82 Å². The van der Waals surface area contributed by atoms with Crippen molar-refractivity contribution in [3.05, 3.63) is 35.1 Å². The molecule has 0 aliphatic carbocycles. The highest BCUT2D eigenvalue weighted by Gasteiger charge is 2.07. The predicted molar refractivity (Wildman–Crippen MR) is 59.2 cm³/mol. The fraction of sp³-hybridized carbons (Fsp3) is 0.417. The molecule has 16 heavy (non-hydrogen) atoms. The Morgan fingerprint density at radius 2 is 2.25 bits per heavy atom. The molecule has 0 radical (unpaired) electrons. The van der Waals surface area contributed by atoms with Gasteiger partial charge in [-0.05, 0) is 30.5 Å². The average molecular weight is 225 g/mol. The van der Waals surface area contributed by atoms with E-state index in [9.17, 15) is 9.18 Å². The highest BCUT2D eigenvalue weighted by Crippen LogP contribution is 2.12. The van der Waals surface area contributed by atoms with Crippen LogP contribution in [0.3, 0.4) is 0 Å². The zero-order valence-corrected chi connectivity index (χ0v) is 9.33. The Labute approximate surface area is 94.4 Å². The number of benzene rings is 1. The molecule has 3 nitrogen and oxygen atoms in total. The Balaban J connectivity index is 2.57. The molecule has 0 heterocycles. The van der Waals surface area contributed by atoms with Gasteiger partial charge in [-0.2, -0.15) is 0 Å². The predicted octanol–water partition coefficient (Wildman–Crippen LogP) is 1.78. The minimum atomic E-state index is -0.313.